The molecule has 1 aliphatic heterocycles. The minimum atomic E-state index is -0.237. The Kier molecular flexibility index (Phi) is 4.88. The van der Waals surface area contributed by atoms with Gasteiger partial charge in [0.25, 0.3) is 5.91 Å². The molecule has 0 saturated carbocycles. The van der Waals surface area contributed by atoms with Crippen LogP contribution >= 0.6 is 0 Å². The third-order valence-corrected chi connectivity index (χ3v) is 4.22. The van der Waals surface area contributed by atoms with Crippen LogP contribution in [0.25, 0.3) is 0 Å². The number of hydrogen-bond donors (Lipinski definition) is 1. The van der Waals surface area contributed by atoms with E-state index >= 15 is 0 Å². The van der Waals surface area contributed by atoms with Gasteiger partial charge in [0.05, 0.1) is 12.7 Å². The smallest absolute Gasteiger partial charge is 0.324 e. The van der Waals surface area contributed by atoms with Crippen molar-refractivity contribution in [2.24, 2.45) is 0 Å². The van der Waals surface area contributed by atoms with Gasteiger partial charge in [-0.05, 0) is 42.8 Å². The molecule has 2 aromatic carbocycles. The van der Waals surface area contributed by atoms with Crippen molar-refractivity contribution in [3.8, 4) is 5.75 Å². The van der Waals surface area contributed by atoms with Crippen molar-refractivity contribution in [3.05, 3.63) is 54.1 Å². The van der Waals surface area contributed by atoms with Gasteiger partial charge in [0.2, 0.25) is 0 Å². The van der Waals surface area contributed by atoms with Crippen LogP contribution in [0.1, 0.15) is 16.8 Å². The third-order valence-electron chi connectivity index (χ3n) is 4.22. The number of nitrogens with one attached hydrogen (secondary N) is 1. The summed E-state index contributed by atoms with van der Waals surface area (Å²) in [5, 5.41) is 2.85. The van der Waals surface area contributed by atoms with Crippen LogP contribution in [0.4, 0.5) is 16.2 Å². The van der Waals surface area contributed by atoms with E-state index in [1.807, 2.05) is 18.2 Å². The Hall–Kier alpha value is -3.02. The summed E-state index contributed by atoms with van der Waals surface area (Å²) in [6.07, 6.45) is 0.939. The summed E-state index contributed by atoms with van der Waals surface area (Å²) >= 11 is 0. The first-order chi connectivity index (χ1) is 12.1. The van der Waals surface area contributed by atoms with Crippen LogP contribution in [0.3, 0.4) is 0 Å². The van der Waals surface area contributed by atoms with Gasteiger partial charge in [0.15, 0.2) is 0 Å². The zero-order chi connectivity index (χ0) is 17.8. The van der Waals surface area contributed by atoms with Gasteiger partial charge in [-0.3, -0.25) is 9.69 Å². The molecule has 0 unspecified atom stereocenters. The molecule has 1 saturated heterocycles. The van der Waals surface area contributed by atoms with Gasteiger partial charge in [0, 0.05) is 31.5 Å². The minimum absolute atomic E-state index is 0.00272. The number of rotatable bonds is 4. The third kappa shape index (κ3) is 3.57. The lowest BCUT2D eigenvalue weighted by Crippen LogP contribution is -2.47. The average molecular weight is 339 g/mol. The van der Waals surface area contributed by atoms with E-state index in [2.05, 4.69) is 5.32 Å². The zero-order valence-corrected chi connectivity index (χ0v) is 14.4. The maximum Gasteiger partial charge on any atom is 0.324 e. The van der Waals surface area contributed by atoms with Gasteiger partial charge < -0.3 is 15.0 Å². The molecule has 1 N–H and O–H groups in total. The lowest BCUT2D eigenvalue weighted by Gasteiger charge is -2.33. The van der Waals surface area contributed by atoms with Gasteiger partial charge in [-0.2, -0.15) is 0 Å². The second kappa shape index (κ2) is 7.25. The molecular formula is C19H21N3O3. The molecule has 6 nitrogen and oxygen atoms in total. The summed E-state index contributed by atoms with van der Waals surface area (Å²) in [7, 11) is 3.34. The quantitative estimate of drug-likeness (QED) is 0.930. The number of carbonyl (C=O) groups excluding carboxylic acids is 2. The molecule has 0 bridgehead atoms. The van der Waals surface area contributed by atoms with Crippen molar-refractivity contribution in [2.75, 3.05) is 37.5 Å². The molecule has 1 fully saturated rings. The lowest BCUT2D eigenvalue weighted by molar-refractivity contribution is 0.102. The van der Waals surface area contributed by atoms with E-state index in [0.717, 1.165) is 18.7 Å². The second-order valence-electron chi connectivity index (χ2n) is 5.91. The van der Waals surface area contributed by atoms with Gasteiger partial charge in [-0.15, -0.1) is 0 Å². The van der Waals surface area contributed by atoms with Crippen molar-refractivity contribution >= 4 is 23.3 Å². The normalized spacial score (nSPS) is 14.4. The molecule has 2 aromatic rings. The molecule has 0 aromatic heterocycles. The first-order valence-corrected chi connectivity index (χ1v) is 8.17. The van der Waals surface area contributed by atoms with Gasteiger partial charge in [-0.25, -0.2) is 4.79 Å². The van der Waals surface area contributed by atoms with Crippen LogP contribution in [0.5, 0.6) is 5.75 Å². The number of hydrogen-bond acceptors (Lipinski definition) is 3. The molecule has 6 heteroatoms. The van der Waals surface area contributed by atoms with Gasteiger partial charge in [-0.1, -0.05) is 12.1 Å². The number of amides is 3. The highest BCUT2D eigenvalue weighted by Gasteiger charge is 2.23. The van der Waals surface area contributed by atoms with Crippen LogP contribution in [0.2, 0.25) is 0 Å². The van der Waals surface area contributed by atoms with Crippen molar-refractivity contribution < 1.29 is 14.3 Å². The van der Waals surface area contributed by atoms with E-state index in [1.54, 1.807) is 47.2 Å². The summed E-state index contributed by atoms with van der Waals surface area (Å²) in [6, 6.07) is 14.3. The number of anilines is 2. The number of urea groups is 1. The molecule has 1 aliphatic rings. The summed E-state index contributed by atoms with van der Waals surface area (Å²) < 4.78 is 5.21. The number of ether oxygens (including phenoxy) is 1. The Morgan fingerprint density at radius 2 is 1.80 bits per heavy atom. The fourth-order valence-electron chi connectivity index (χ4n) is 2.86. The van der Waals surface area contributed by atoms with Crippen LogP contribution in [0, 0.1) is 0 Å². The van der Waals surface area contributed by atoms with Gasteiger partial charge in [0.1, 0.15) is 5.75 Å². The van der Waals surface area contributed by atoms with E-state index in [-0.39, 0.29) is 11.9 Å². The summed E-state index contributed by atoms with van der Waals surface area (Å²) in [5.41, 5.74) is 1.96. The first-order valence-electron chi connectivity index (χ1n) is 8.17. The Morgan fingerprint density at radius 1 is 1.08 bits per heavy atom. The Morgan fingerprint density at radius 3 is 2.52 bits per heavy atom. The highest BCUT2D eigenvalue weighted by Crippen LogP contribution is 2.23. The van der Waals surface area contributed by atoms with Crippen molar-refractivity contribution in [1.29, 1.82) is 0 Å². The highest BCUT2D eigenvalue weighted by molar-refractivity contribution is 6.06. The van der Waals surface area contributed by atoms with Crippen LogP contribution < -0.4 is 15.0 Å². The number of nitrogens with zero attached hydrogens (tertiary/aromatic N) is 2. The first kappa shape index (κ1) is 16.8. The maximum atomic E-state index is 12.4. The molecule has 0 aliphatic carbocycles. The monoisotopic (exact) mass is 339 g/mol. The largest absolute Gasteiger partial charge is 0.496 e. The van der Waals surface area contributed by atoms with Crippen LogP contribution in [0.15, 0.2) is 48.5 Å². The number of methoxy groups -OCH3 is 1. The fraction of sp³-hybridized carbons (Fsp3) is 0.263. The molecule has 130 valence electrons. The van der Waals surface area contributed by atoms with E-state index < -0.39 is 0 Å². The molecule has 0 spiro atoms. The highest BCUT2D eigenvalue weighted by atomic mass is 16.5. The number of carbonyl (C=O) groups is 2. The van der Waals surface area contributed by atoms with E-state index in [1.165, 1.54) is 7.11 Å². The van der Waals surface area contributed by atoms with Crippen LogP contribution in [-0.4, -0.2) is 44.1 Å². The van der Waals surface area contributed by atoms with Crippen LogP contribution in [-0.2, 0) is 0 Å². The van der Waals surface area contributed by atoms with E-state index in [4.69, 9.17) is 4.74 Å². The van der Waals surface area contributed by atoms with Crippen molar-refractivity contribution in [1.82, 2.24) is 4.90 Å². The predicted molar refractivity (Wildman–Crippen MR) is 97.4 cm³/mol. The van der Waals surface area contributed by atoms with Gasteiger partial charge >= 0.3 is 6.03 Å². The van der Waals surface area contributed by atoms with E-state index in [0.29, 0.717) is 23.5 Å². The molecule has 0 radical (unpaired) electrons. The average Bonchev–Trinajstić information content (AvgIpc) is 2.64. The molecule has 1 heterocycles. The van der Waals surface area contributed by atoms with E-state index in [9.17, 15) is 9.59 Å². The Bertz CT molecular complexity index is 774. The topological polar surface area (TPSA) is 61.9 Å². The summed E-state index contributed by atoms with van der Waals surface area (Å²) in [6.45, 7) is 1.48. The Balaban J connectivity index is 1.72. The summed E-state index contributed by atoms with van der Waals surface area (Å²) in [4.78, 5) is 28.1. The van der Waals surface area contributed by atoms with Crippen molar-refractivity contribution in [2.45, 2.75) is 6.42 Å². The molecular weight excluding hydrogens is 318 g/mol. The molecule has 3 rings (SSSR count). The zero-order valence-electron chi connectivity index (χ0n) is 14.4. The number of benzene rings is 2. The molecule has 0 atom stereocenters. The maximum absolute atomic E-state index is 12.4. The molecule has 3 amide bonds. The standard InChI is InChI=1S/C19H21N3O3/c1-21-12-5-13-22(19(21)24)15-10-8-14(9-11-15)20-18(23)16-6-3-4-7-17(16)25-2/h3-4,6-11H,5,12-13H2,1-2H3,(H,20,23). The predicted octanol–water partition coefficient (Wildman–Crippen LogP) is 3.21. The fourth-order valence-corrected chi connectivity index (χ4v) is 2.86. The molecule has 25 heavy (non-hydrogen) atoms. The SMILES string of the molecule is COc1ccccc1C(=O)Nc1ccc(N2CCCN(C)C2=O)cc1. The number of para-hydroxylation sites is 1. The second-order valence-corrected chi connectivity index (χ2v) is 5.91. The lowest BCUT2D eigenvalue weighted by atomic mass is 10.1. The Labute approximate surface area is 147 Å². The summed E-state index contributed by atoms with van der Waals surface area (Å²) in [5.74, 6) is 0.289. The minimum Gasteiger partial charge on any atom is -0.496 e. The van der Waals surface area contributed by atoms with Crippen molar-refractivity contribution in [3.63, 3.8) is 0 Å².